The predicted octanol–water partition coefficient (Wildman–Crippen LogP) is 1.22. The molecule has 0 radical (unpaired) electrons. The normalized spacial score (nSPS) is 18.2. The summed E-state index contributed by atoms with van der Waals surface area (Å²) in [4.78, 5) is 14.2. The van der Waals surface area contributed by atoms with Crippen LogP contribution in [0, 0.1) is 5.92 Å². The largest absolute Gasteiger partial charge is 0.354 e. The van der Waals surface area contributed by atoms with Crippen molar-refractivity contribution >= 4 is 5.91 Å². The van der Waals surface area contributed by atoms with Gasteiger partial charge in [-0.15, -0.1) is 0 Å². The van der Waals surface area contributed by atoms with E-state index in [0.29, 0.717) is 5.92 Å². The molecule has 4 nitrogen and oxygen atoms in total. The van der Waals surface area contributed by atoms with Crippen molar-refractivity contribution < 1.29 is 4.79 Å². The number of carbonyl (C=O) groups is 1. The zero-order chi connectivity index (χ0) is 13.4. The van der Waals surface area contributed by atoms with Gasteiger partial charge in [-0.05, 0) is 58.3 Å². The number of nitrogens with zero attached hydrogens (tertiary/aromatic N) is 1. The molecule has 0 spiro atoms. The molecule has 0 aliphatic carbocycles. The van der Waals surface area contributed by atoms with Crippen LogP contribution in [0.2, 0.25) is 0 Å². The van der Waals surface area contributed by atoms with E-state index >= 15 is 0 Å². The Morgan fingerprint density at radius 1 is 1.22 bits per heavy atom. The molecule has 1 heterocycles. The Labute approximate surface area is 111 Å². The molecule has 0 saturated carbocycles. The Kier molecular flexibility index (Phi) is 7.28. The lowest BCUT2D eigenvalue weighted by Gasteiger charge is -2.17. The second-order valence-corrected chi connectivity index (χ2v) is 5.72. The van der Waals surface area contributed by atoms with Gasteiger partial charge in [0.05, 0.1) is 6.04 Å². The minimum Gasteiger partial charge on any atom is -0.354 e. The summed E-state index contributed by atoms with van der Waals surface area (Å²) >= 11 is 0. The summed E-state index contributed by atoms with van der Waals surface area (Å²) in [5, 5.41) is 6.24. The number of amides is 1. The maximum absolute atomic E-state index is 11.7. The first kappa shape index (κ1) is 15.4. The second-order valence-electron chi connectivity index (χ2n) is 5.72. The number of likely N-dealkylation sites (tertiary alicyclic amines) is 1. The highest BCUT2D eigenvalue weighted by atomic mass is 16.2. The Bertz CT molecular complexity index is 237. The van der Waals surface area contributed by atoms with Crippen LogP contribution in [0.1, 0.15) is 40.0 Å². The summed E-state index contributed by atoms with van der Waals surface area (Å²) in [6, 6.07) is -0.0812. The smallest absolute Gasteiger partial charge is 0.236 e. The SMILES string of the molecule is CC(C)CNC(=O)C(C)NCCCN1CCCC1. The Morgan fingerprint density at radius 3 is 2.50 bits per heavy atom. The Morgan fingerprint density at radius 2 is 1.89 bits per heavy atom. The summed E-state index contributed by atoms with van der Waals surface area (Å²) in [6.45, 7) is 11.5. The highest BCUT2D eigenvalue weighted by Crippen LogP contribution is 2.06. The molecule has 1 aliphatic heterocycles. The number of rotatable bonds is 8. The quantitative estimate of drug-likeness (QED) is 0.641. The van der Waals surface area contributed by atoms with Crippen molar-refractivity contribution in [3.8, 4) is 0 Å². The monoisotopic (exact) mass is 255 g/mol. The summed E-state index contributed by atoms with van der Waals surface area (Å²) in [7, 11) is 0. The Hall–Kier alpha value is -0.610. The molecule has 18 heavy (non-hydrogen) atoms. The molecule has 106 valence electrons. The van der Waals surface area contributed by atoms with Crippen LogP contribution in [0.4, 0.5) is 0 Å². The molecule has 0 aromatic heterocycles. The van der Waals surface area contributed by atoms with Crippen LogP contribution < -0.4 is 10.6 Å². The van der Waals surface area contributed by atoms with Crippen LogP contribution in [0.5, 0.6) is 0 Å². The van der Waals surface area contributed by atoms with E-state index in [0.717, 1.165) is 26.1 Å². The zero-order valence-electron chi connectivity index (χ0n) is 12.2. The molecule has 2 N–H and O–H groups in total. The van der Waals surface area contributed by atoms with Gasteiger partial charge in [0.2, 0.25) is 5.91 Å². The number of hydrogen-bond donors (Lipinski definition) is 2. The highest BCUT2D eigenvalue weighted by molar-refractivity contribution is 5.81. The van der Waals surface area contributed by atoms with Gasteiger partial charge >= 0.3 is 0 Å². The maximum Gasteiger partial charge on any atom is 0.236 e. The van der Waals surface area contributed by atoms with Crippen LogP contribution in [0.15, 0.2) is 0 Å². The maximum atomic E-state index is 11.7. The van der Waals surface area contributed by atoms with Crippen LogP contribution >= 0.6 is 0 Å². The summed E-state index contributed by atoms with van der Waals surface area (Å²) in [6.07, 6.45) is 3.82. The number of carbonyl (C=O) groups excluding carboxylic acids is 1. The topological polar surface area (TPSA) is 44.4 Å². The molecule has 0 aromatic rings. The Balaban J connectivity index is 2.01. The summed E-state index contributed by atoms with van der Waals surface area (Å²) in [5.74, 6) is 0.626. The van der Waals surface area contributed by atoms with E-state index in [4.69, 9.17) is 0 Å². The van der Waals surface area contributed by atoms with Gasteiger partial charge in [-0.2, -0.15) is 0 Å². The van der Waals surface area contributed by atoms with Gasteiger partial charge in [-0.25, -0.2) is 0 Å². The minimum atomic E-state index is -0.0812. The third-order valence-electron chi connectivity index (χ3n) is 3.38. The molecule has 1 rings (SSSR count). The van der Waals surface area contributed by atoms with Crippen LogP contribution in [0.25, 0.3) is 0 Å². The van der Waals surface area contributed by atoms with Crippen LogP contribution in [-0.4, -0.2) is 49.6 Å². The van der Waals surface area contributed by atoms with E-state index in [1.807, 2.05) is 6.92 Å². The minimum absolute atomic E-state index is 0.0812. The number of nitrogens with one attached hydrogen (secondary N) is 2. The molecule has 1 fully saturated rings. The molecule has 1 saturated heterocycles. The molecular formula is C14H29N3O. The van der Waals surface area contributed by atoms with Gasteiger partial charge in [0, 0.05) is 6.54 Å². The van der Waals surface area contributed by atoms with Crippen molar-refractivity contribution in [1.82, 2.24) is 15.5 Å². The molecule has 0 bridgehead atoms. The van der Waals surface area contributed by atoms with Gasteiger partial charge in [-0.3, -0.25) is 4.79 Å². The molecule has 1 unspecified atom stereocenters. The van der Waals surface area contributed by atoms with Crippen molar-refractivity contribution in [3.63, 3.8) is 0 Å². The average molecular weight is 255 g/mol. The molecule has 1 aliphatic rings. The van der Waals surface area contributed by atoms with Gasteiger partial charge < -0.3 is 15.5 Å². The van der Waals surface area contributed by atoms with Crippen molar-refractivity contribution in [2.75, 3.05) is 32.7 Å². The first-order chi connectivity index (χ1) is 8.59. The third-order valence-corrected chi connectivity index (χ3v) is 3.38. The van der Waals surface area contributed by atoms with Crippen molar-refractivity contribution in [2.45, 2.75) is 46.1 Å². The first-order valence-corrected chi connectivity index (χ1v) is 7.33. The summed E-state index contributed by atoms with van der Waals surface area (Å²) < 4.78 is 0. The fourth-order valence-electron chi connectivity index (χ4n) is 2.18. The first-order valence-electron chi connectivity index (χ1n) is 7.33. The molecule has 0 aromatic carbocycles. The highest BCUT2D eigenvalue weighted by Gasteiger charge is 2.13. The van der Waals surface area contributed by atoms with Gasteiger partial charge in [0.1, 0.15) is 0 Å². The fourth-order valence-corrected chi connectivity index (χ4v) is 2.18. The predicted molar refractivity (Wildman–Crippen MR) is 75.6 cm³/mol. The second kappa shape index (κ2) is 8.48. The van der Waals surface area contributed by atoms with Gasteiger partial charge in [0.15, 0.2) is 0 Å². The summed E-state index contributed by atoms with van der Waals surface area (Å²) in [5.41, 5.74) is 0. The lowest BCUT2D eigenvalue weighted by atomic mass is 10.2. The van der Waals surface area contributed by atoms with Gasteiger partial charge in [0.25, 0.3) is 0 Å². The standard InChI is InChI=1S/C14H29N3O/c1-12(2)11-16-14(18)13(3)15-7-6-10-17-8-4-5-9-17/h12-13,15H,4-11H2,1-3H3,(H,16,18). The van der Waals surface area contributed by atoms with E-state index in [2.05, 4.69) is 29.4 Å². The zero-order valence-corrected chi connectivity index (χ0v) is 12.2. The molecular weight excluding hydrogens is 226 g/mol. The molecule has 1 amide bonds. The van der Waals surface area contributed by atoms with Crippen LogP contribution in [-0.2, 0) is 4.79 Å². The fraction of sp³-hybridized carbons (Fsp3) is 0.929. The lowest BCUT2D eigenvalue weighted by Crippen LogP contribution is -2.44. The van der Waals surface area contributed by atoms with Gasteiger partial charge in [-0.1, -0.05) is 13.8 Å². The van der Waals surface area contributed by atoms with Crippen molar-refractivity contribution in [1.29, 1.82) is 0 Å². The average Bonchev–Trinajstić information content (AvgIpc) is 2.84. The third kappa shape index (κ3) is 6.36. The lowest BCUT2D eigenvalue weighted by molar-refractivity contribution is -0.122. The van der Waals surface area contributed by atoms with Crippen LogP contribution in [0.3, 0.4) is 0 Å². The van der Waals surface area contributed by atoms with E-state index in [1.54, 1.807) is 0 Å². The molecule has 1 atom stereocenters. The van der Waals surface area contributed by atoms with E-state index < -0.39 is 0 Å². The van der Waals surface area contributed by atoms with Crippen molar-refractivity contribution in [3.05, 3.63) is 0 Å². The van der Waals surface area contributed by atoms with E-state index in [9.17, 15) is 4.79 Å². The van der Waals surface area contributed by atoms with E-state index in [1.165, 1.54) is 25.9 Å². The van der Waals surface area contributed by atoms with Crippen molar-refractivity contribution in [2.24, 2.45) is 5.92 Å². The van der Waals surface area contributed by atoms with E-state index in [-0.39, 0.29) is 11.9 Å². The molecule has 4 heteroatoms. The number of hydrogen-bond acceptors (Lipinski definition) is 3.